The summed E-state index contributed by atoms with van der Waals surface area (Å²) in [4.78, 5) is 12.4. The van der Waals surface area contributed by atoms with Crippen molar-refractivity contribution in [2.45, 2.75) is 32.9 Å². The molecule has 2 aromatic carbocycles. The number of amides is 1. The lowest BCUT2D eigenvalue weighted by molar-refractivity contribution is -0.124. The molecular formula is C19H24N2O3. The van der Waals surface area contributed by atoms with Crippen molar-refractivity contribution >= 4 is 17.3 Å². The minimum Gasteiger partial charge on any atom is -0.497 e. The van der Waals surface area contributed by atoms with E-state index in [-0.39, 0.29) is 6.04 Å². The summed E-state index contributed by atoms with van der Waals surface area (Å²) in [6.45, 7) is 6.00. The van der Waals surface area contributed by atoms with Crippen LogP contribution < -0.4 is 15.4 Å². The molecule has 5 nitrogen and oxygen atoms in total. The Morgan fingerprint density at radius 1 is 1.12 bits per heavy atom. The number of rotatable bonds is 6. The largest absolute Gasteiger partial charge is 0.497 e. The van der Waals surface area contributed by atoms with Crippen LogP contribution in [0.3, 0.4) is 0 Å². The first-order chi connectivity index (χ1) is 11.4. The van der Waals surface area contributed by atoms with Crippen LogP contribution >= 0.6 is 0 Å². The van der Waals surface area contributed by atoms with Gasteiger partial charge < -0.3 is 20.5 Å². The zero-order valence-electron chi connectivity index (χ0n) is 14.5. The van der Waals surface area contributed by atoms with Gasteiger partial charge in [0.1, 0.15) is 5.75 Å². The lowest BCUT2D eigenvalue weighted by Gasteiger charge is -2.18. The van der Waals surface area contributed by atoms with Gasteiger partial charge in [-0.25, -0.2) is 0 Å². The summed E-state index contributed by atoms with van der Waals surface area (Å²) in [5.41, 5.74) is 2.98. The standard InChI is InChI=1S/C19H24N2O3/c1-12(2)20-16-9-8-13(3)10-17(16)21-19(23)18(22)14-6-5-7-15(11-14)24-4/h5-12,18,20,22H,1-4H3,(H,21,23)/t18-/m1/s1. The maximum absolute atomic E-state index is 12.4. The molecule has 0 fully saturated rings. The van der Waals surface area contributed by atoms with Gasteiger partial charge in [-0.1, -0.05) is 18.2 Å². The van der Waals surface area contributed by atoms with E-state index in [4.69, 9.17) is 4.74 Å². The van der Waals surface area contributed by atoms with Gasteiger partial charge in [-0.3, -0.25) is 4.79 Å². The third kappa shape index (κ3) is 4.49. The Morgan fingerprint density at radius 3 is 2.54 bits per heavy atom. The van der Waals surface area contributed by atoms with Crippen LogP contribution in [-0.2, 0) is 4.79 Å². The first-order valence-corrected chi connectivity index (χ1v) is 7.90. The van der Waals surface area contributed by atoms with E-state index >= 15 is 0 Å². The van der Waals surface area contributed by atoms with Gasteiger partial charge in [-0.2, -0.15) is 0 Å². The number of nitrogens with one attached hydrogen (secondary N) is 2. The van der Waals surface area contributed by atoms with E-state index in [0.29, 0.717) is 17.0 Å². The van der Waals surface area contributed by atoms with Gasteiger partial charge in [0.15, 0.2) is 6.10 Å². The third-order valence-electron chi connectivity index (χ3n) is 3.53. The molecule has 0 bridgehead atoms. The Labute approximate surface area is 142 Å². The van der Waals surface area contributed by atoms with E-state index in [9.17, 15) is 9.90 Å². The highest BCUT2D eigenvalue weighted by atomic mass is 16.5. The van der Waals surface area contributed by atoms with E-state index in [1.54, 1.807) is 31.4 Å². The van der Waals surface area contributed by atoms with Gasteiger partial charge >= 0.3 is 0 Å². The summed E-state index contributed by atoms with van der Waals surface area (Å²) in [6.07, 6.45) is -1.27. The molecule has 0 heterocycles. The van der Waals surface area contributed by atoms with Crippen LogP contribution in [0.15, 0.2) is 42.5 Å². The number of anilines is 2. The number of aliphatic hydroxyl groups excluding tert-OH is 1. The van der Waals surface area contributed by atoms with E-state index in [1.165, 1.54) is 0 Å². The van der Waals surface area contributed by atoms with Crippen molar-refractivity contribution in [1.82, 2.24) is 0 Å². The molecule has 0 unspecified atom stereocenters. The number of carbonyl (C=O) groups excluding carboxylic acids is 1. The number of hydrogen-bond acceptors (Lipinski definition) is 4. The van der Waals surface area contributed by atoms with Crippen molar-refractivity contribution in [2.24, 2.45) is 0 Å². The summed E-state index contributed by atoms with van der Waals surface area (Å²) in [6, 6.07) is 12.8. The lowest BCUT2D eigenvalue weighted by Crippen LogP contribution is -2.22. The summed E-state index contributed by atoms with van der Waals surface area (Å²) in [5, 5.41) is 16.4. The molecule has 5 heteroatoms. The molecule has 0 aliphatic rings. The van der Waals surface area contributed by atoms with Crippen molar-refractivity contribution in [3.8, 4) is 5.75 Å². The quantitative estimate of drug-likeness (QED) is 0.759. The van der Waals surface area contributed by atoms with Crippen LogP contribution in [0.2, 0.25) is 0 Å². The number of hydrogen-bond donors (Lipinski definition) is 3. The molecule has 3 N–H and O–H groups in total. The molecule has 0 aliphatic carbocycles. The number of carbonyl (C=O) groups is 1. The van der Waals surface area contributed by atoms with Gasteiger partial charge in [-0.05, 0) is 56.2 Å². The van der Waals surface area contributed by atoms with Crippen LogP contribution in [0.4, 0.5) is 11.4 Å². The fourth-order valence-corrected chi connectivity index (χ4v) is 2.36. The average molecular weight is 328 g/mol. The molecule has 0 saturated heterocycles. The van der Waals surface area contributed by atoms with Crippen molar-refractivity contribution in [3.63, 3.8) is 0 Å². The van der Waals surface area contributed by atoms with Crippen molar-refractivity contribution in [1.29, 1.82) is 0 Å². The fraction of sp³-hybridized carbons (Fsp3) is 0.316. The smallest absolute Gasteiger partial charge is 0.257 e. The van der Waals surface area contributed by atoms with Crippen LogP contribution in [0.5, 0.6) is 5.75 Å². The van der Waals surface area contributed by atoms with Gasteiger partial charge in [0.25, 0.3) is 5.91 Å². The molecule has 1 amide bonds. The monoisotopic (exact) mass is 328 g/mol. The minimum atomic E-state index is -1.27. The SMILES string of the molecule is COc1cccc([C@@H](O)C(=O)Nc2cc(C)ccc2NC(C)C)c1. The molecule has 2 rings (SSSR count). The van der Waals surface area contributed by atoms with Gasteiger partial charge in [0.05, 0.1) is 18.5 Å². The second-order valence-electron chi connectivity index (χ2n) is 6.02. The van der Waals surface area contributed by atoms with Gasteiger partial charge in [0.2, 0.25) is 0 Å². The molecule has 128 valence electrons. The maximum Gasteiger partial charge on any atom is 0.257 e. The Bertz CT molecular complexity index is 714. The highest BCUT2D eigenvalue weighted by Gasteiger charge is 2.19. The Balaban J connectivity index is 2.20. The second kappa shape index (κ2) is 7.84. The van der Waals surface area contributed by atoms with Gasteiger partial charge in [-0.15, -0.1) is 0 Å². The molecule has 0 aliphatic heterocycles. The highest BCUT2D eigenvalue weighted by Crippen LogP contribution is 2.26. The maximum atomic E-state index is 12.4. The van der Waals surface area contributed by atoms with Crippen LogP contribution in [0, 0.1) is 6.92 Å². The first kappa shape index (κ1) is 17.8. The predicted octanol–water partition coefficient (Wildman–Crippen LogP) is 3.50. The Hall–Kier alpha value is -2.53. The number of benzene rings is 2. The Kier molecular flexibility index (Phi) is 5.82. The fourth-order valence-electron chi connectivity index (χ4n) is 2.36. The third-order valence-corrected chi connectivity index (χ3v) is 3.53. The van der Waals surface area contributed by atoms with Crippen molar-refractivity contribution in [2.75, 3.05) is 17.7 Å². The van der Waals surface area contributed by atoms with E-state index in [2.05, 4.69) is 10.6 Å². The number of methoxy groups -OCH3 is 1. The second-order valence-corrected chi connectivity index (χ2v) is 6.02. The first-order valence-electron chi connectivity index (χ1n) is 7.90. The Morgan fingerprint density at radius 2 is 1.88 bits per heavy atom. The number of aryl methyl sites for hydroxylation is 1. The predicted molar refractivity (Wildman–Crippen MR) is 96.5 cm³/mol. The number of aliphatic hydroxyl groups is 1. The molecule has 0 aromatic heterocycles. The van der Waals surface area contributed by atoms with Crippen LogP contribution in [0.25, 0.3) is 0 Å². The molecular weight excluding hydrogens is 304 g/mol. The van der Waals surface area contributed by atoms with E-state index in [1.807, 2.05) is 39.0 Å². The van der Waals surface area contributed by atoms with Crippen molar-refractivity contribution < 1.29 is 14.6 Å². The van der Waals surface area contributed by atoms with Crippen LogP contribution in [0.1, 0.15) is 31.1 Å². The lowest BCUT2D eigenvalue weighted by atomic mass is 10.1. The molecule has 0 saturated carbocycles. The summed E-state index contributed by atoms with van der Waals surface area (Å²) in [7, 11) is 1.54. The average Bonchev–Trinajstić information content (AvgIpc) is 2.56. The van der Waals surface area contributed by atoms with Crippen LogP contribution in [-0.4, -0.2) is 24.2 Å². The molecule has 2 aromatic rings. The number of ether oxygens (including phenoxy) is 1. The normalized spacial score (nSPS) is 11.9. The van der Waals surface area contributed by atoms with E-state index < -0.39 is 12.0 Å². The molecule has 24 heavy (non-hydrogen) atoms. The molecule has 1 atom stereocenters. The van der Waals surface area contributed by atoms with Crippen molar-refractivity contribution in [3.05, 3.63) is 53.6 Å². The zero-order valence-corrected chi connectivity index (χ0v) is 14.5. The minimum absolute atomic E-state index is 0.228. The zero-order chi connectivity index (χ0) is 17.7. The molecule has 0 spiro atoms. The highest BCUT2D eigenvalue weighted by molar-refractivity contribution is 5.97. The summed E-state index contributed by atoms with van der Waals surface area (Å²) >= 11 is 0. The summed E-state index contributed by atoms with van der Waals surface area (Å²) < 4.78 is 5.13. The summed E-state index contributed by atoms with van der Waals surface area (Å²) in [5.74, 6) is 0.109. The topological polar surface area (TPSA) is 70.6 Å². The van der Waals surface area contributed by atoms with Gasteiger partial charge in [0, 0.05) is 6.04 Å². The molecule has 0 radical (unpaired) electrons. The van der Waals surface area contributed by atoms with E-state index in [0.717, 1.165) is 11.3 Å².